The molecule has 0 saturated carbocycles. The van der Waals surface area contributed by atoms with Crippen LogP contribution in [0.5, 0.6) is 11.5 Å². The second-order valence-corrected chi connectivity index (χ2v) is 6.42. The Labute approximate surface area is 174 Å². The fourth-order valence-corrected chi connectivity index (χ4v) is 2.59. The molecule has 0 saturated heterocycles. The van der Waals surface area contributed by atoms with Crippen LogP contribution in [0.2, 0.25) is 0 Å². The zero-order chi connectivity index (χ0) is 22.1. The van der Waals surface area contributed by atoms with Gasteiger partial charge < -0.3 is 20.5 Å². The van der Waals surface area contributed by atoms with Crippen LogP contribution in [0.1, 0.15) is 23.6 Å². The van der Waals surface area contributed by atoms with Crippen LogP contribution in [0, 0.1) is 13.8 Å². The Morgan fingerprint density at radius 3 is 2.33 bits per heavy atom. The standard InChI is InChI=1S/C21H24N4O5/c1-4-29-18-10-15(5-6-17(18)30-12-19(22)26)11-23-25-21(28)20(27)24-16-8-13(2)7-14(3)9-16/h5-11H,4,12H2,1-3H3,(H2,22,26)(H,24,27)(H,25,28). The highest BCUT2D eigenvalue weighted by molar-refractivity contribution is 6.39. The molecule has 0 aliphatic heterocycles. The van der Waals surface area contributed by atoms with Crippen LogP contribution in [-0.4, -0.2) is 37.1 Å². The number of nitrogens with one attached hydrogen (secondary N) is 2. The summed E-state index contributed by atoms with van der Waals surface area (Å²) in [6.07, 6.45) is 1.35. The molecule has 0 radical (unpaired) electrons. The Bertz CT molecular complexity index is 952. The number of nitrogens with two attached hydrogens (primary N) is 1. The molecule has 2 aromatic carbocycles. The third-order valence-electron chi connectivity index (χ3n) is 3.70. The number of carbonyl (C=O) groups excluding carboxylic acids is 3. The molecule has 0 heterocycles. The number of aryl methyl sites for hydroxylation is 2. The number of primary amides is 1. The van der Waals surface area contributed by atoms with Crippen LogP contribution >= 0.6 is 0 Å². The molecule has 0 aliphatic carbocycles. The monoisotopic (exact) mass is 412 g/mol. The molecule has 4 N–H and O–H groups in total. The molecule has 0 bridgehead atoms. The number of hydrogen-bond acceptors (Lipinski definition) is 6. The first kappa shape index (κ1) is 22.4. The minimum absolute atomic E-state index is 0.279. The van der Waals surface area contributed by atoms with Crippen LogP contribution in [0.15, 0.2) is 41.5 Å². The van der Waals surface area contributed by atoms with Crippen LogP contribution in [0.25, 0.3) is 0 Å². The predicted octanol–water partition coefficient (Wildman–Crippen LogP) is 1.66. The number of ether oxygens (including phenoxy) is 2. The molecule has 2 aromatic rings. The third-order valence-corrected chi connectivity index (χ3v) is 3.70. The van der Waals surface area contributed by atoms with Gasteiger partial charge in [-0.2, -0.15) is 5.10 Å². The summed E-state index contributed by atoms with van der Waals surface area (Å²) in [6, 6.07) is 10.3. The summed E-state index contributed by atoms with van der Waals surface area (Å²) < 4.78 is 10.8. The van der Waals surface area contributed by atoms with Gasteiger partial charge in [0.2, 0.25) is 0 Å². The highest BCUT2D eigenvalue weighted by atomic mass is 16.5. The van der Waals surface area contributed by atoms with Gasteiger partial charge in [0.1, 0.15) is 0 Å². The lowest BCUT2D eigenvalue weighted by Gasteiger charge is -2.11. The van der Waals surface area contributed by atoms with Gasteiger partial charge in [-0.05, 0) is 67.8 Å². The summed E-state index contributed by atoms with van der Waals surface area (Å²) in [5.41, 5.74) is 10.3. The molecule has 30 heavy (non-hydrogen) atoms. The van der Waals surface area contributed by atoms with E-state index in [2.05, 4.69) is 15.8 Å². The summed E-state index contributed by atoms with van der Waals surface area (Å²) in [5.74, 6) is -1.60. The number of carbonyl (C=O) groups is 3. The third kappa shape index (κ3) is 6.93. The quantitative estimate of drug-likeness (QED) is 0.345. The SMILES string of the molecule is CCOc1cc(C=NNC(=O)C(=O)Nc2cc(C)cc(C)c2)ccc1OCC(N)=O. The zero-order valence-corrected chi connectivity index (χ0v) is 17.0. The van der Waals surface area contributed by atoms with Crippen molar-refractivity contribution in [3.63, 3.8) is 0 Å². The Hall–Kier alpha value is -3.88. The van der Waals surface area contributed by atoms with Gasteiger partial charge in [0, 0.05) is 5.69 Å². The minimum atomic E-state index is -0.906. The smallest absolute Gasteiger partial charge is 0.329 e. The largest absolute Gasteiger partial charge is 0.490 e. The topological polar surface area (TPSA) is 132 Å². The molecular formula is C21H24N4O5. The Balaban J connectivity index is 1.99. The average molecular weight is 412 g/mol. The van der Waals surface area contributed by atoms with E-state index in [9.17, 15) is 14.4 Å². The Morgan fingerprint density at radius 1 is 1.00 bits per heavy atom. The van der Waals surface area contributed by atoms with Crippen molar-refractivity contribution in [2.24, 2.45) is 10.8 Å². The van der Waals surface area contributed by atoms with E-state index in [4.69, 9.17) is 15.2 Å². The lowest BCUT2D eigenvalue weighted by atomic mass is 10.1. The maximum Gasteiger partial charge on any atom is 0.329 e. The van der Waals surface area contributed by atoms with Crippen molar-refractivity contribution >= 4 is 29.6 Å². The number of amides is 3. The maximum absolute atomic E-state index is 12.0. The summed E-state index contributed by atoms with van der Waals surface area (Å²) in [6.45, 7) is 5.69. The van der Waals surface area contributed by atoms with Gasteiger partial charge in [0.25, 0.3) is 5.91 Å². The minimum Gasteiger partial charge on any atom is -0.490 e. The average Bonchev–Trinajstić information content (AvgIpc) is 2.66. The van der Waals surface area contributed by atoms with Crippen molar-refractivity contribution in [1.29, 1.82) is 0 Å². The van der Waals surface area contributed by atoms with Gasteiger partial charge in [0.15, 0.2) is 18.1 Å². The number of rotatable bonds is 8. The summed E-state index contributed by atoms with van der Waals surface area (Å²) in [4.78, 5) is 34.9. The van der Waals surface area contributed by atoms with Crippen molar-refractivity contribution < 1.29 is 23.9 Å². The van der Waals surface area contributed by atoms with Gasteiger partial charge in [-0.15, -0.1) is 0 Å². The van der Waals surface area contributed by atoms with E-state index in [1.807, 2.05) is 19.9 Å². The van der Waals surface area contributed by atoms with Crippen LogP contribution in [-0.2, 0) is 14.4 Å². The summed E-state index contributed by atoms with van der Waals surface area (Å²) in [5, 5.41) is 6.32. The van der Waals surface area contributed by atoms with E-state index >= 15 is 0 Å². The molecular weight excluding hydrogens is 388 g/mol. The Kier molecular flexibility index (Phi) is 7.92. The summed E-state index contributed by atoms with van der Waals surface area (Å²) in [7, 11) is 0. The van der Waals surface area contributed by atoms with E-state index in [0.29, 0.717) is 29.4 Å². The van der Waals surface area contributed by atoms with Crippen LogP contribution in [0.3, 0.4) is 0 Å². The van der Waals surface area contributed by atoms with Crippen molar-refractivity contribution in [3.8, 4) is 11.5 Å². The van der Waals surface area contributed by atoms with E-state index in [1.165, 1.54) is 6.21 Å². The number of hydrogen-bond donors (Lipinski definition) is 3. The fraction of sp³-hybridized carbons (Fsp3) is 0.238. The lowest BCUT2D eigenvalue weighted by molar-refractivity contribution is -0.136. The van der Waals surface area contributed by atoms with E-state index in [-0.39, 0.29) is 6.61 Å². The van der Waals surface area contributed by atoms with Gasteiger partial charge in [0.05, 0.1) is 12.8 Å². The highest BCUT2D eigenvalue weighted by Gasteiger charge is 2.13. The molecule has 2 rings (SSSR count). The second-order valence-electron chi connectivity index (χ2n) is 6.42. The van der Waals surface area contributed by atoms with Crippen LogP contribution in [0.4, 0.5) is 5.69 Å². The van der Waals surface area contributed by atoms with Gasteiger partial charge in [-0.3, -0.25) is 14.4 Å². The van der Waals surface area contributed by atoms with Crippen molar-refractivity contribution in [1.82, 2.24) is 5.43 Å². The normalized spacial score (nSPS) is 10.5. The Morgan fingerprint density at radius 2 is 1.70 bits per heavy atom. The van der Waals surface area contributed by atoms with Gasteiger partial charge >= 0.3 is 11.8 Å². The molecule has 0 spiro atoms. The fourth-order valence-electron chi connectivity index (χ4n) is 2.59. The van der Waals surface area contributed by atoms with E-state index < -0.39 is 17.7 Å². The first-order valence-corrected chi connectivity index (χ1v) is 9.19. The molecule has 0 fully saturated rings. The number of anilines is 1. The molecule has 0 aliphatic rings. The van der Waals surface area contributed by atoms with E-state index in [1.54, 1.807) is 37.3 Å². The molecule has 0 unspecified atom stereocenters. The lowest BCUT2D eigenvalue weighted by Crippen LogP contribution is -2.32. The van der Waals surface area contributed by atoms with Crippen molar-refractivity contribution in [3.05, 3.63) is 53.1 Å². The van der Waals surface area contributed by atoms with Gasteiger partial charge in [-0.25, -0.2) is 5.43 Å². The molecule has 158 valence electrons. The molecule has 9 nitrogen and oxygen atoms in total. The molecule has 0 atom stereocenters. The number of benzene rings is 2. The first-order chi connectivity index (χ1) is 14.3. The first-order valence-electron chi connectivity index (χ1n) is 9.19. The predicted molar refractivity (Wildman–Crippen MR) is 113 cm³/mol. The highest BCUT2D eigenvalue weighted by Crippen LogP contribution is 2.28. The van der Waals surface area contributed by atoms with Gasteiger partial charge in [-0.1, -0.05) is 6.07 Å². The summed E-state index contributed by atoms with van der Waals surface area (Å²) >= 11 is 0. The molecule has 3 amide bonds. The number of hydrazone groups is 1. The number of nitrogens with zero attached hydrogens (tertiary/aromatic N) is 1. The van der Waals surface area contributed by atoms with Crippen molar-refractivity contribution in [2.75, 3.05) is 18.5 Å². The second kappa shape index (κ2) is 10.6. The van der Waals surface area contributed by atoms with Crippen LogP contribution < -0.4 is 25.9 Å². The van der Waals surface area contributed by atoms with E-state index in [0.717, 1.165) is 11.1 Å². The van der Waals surface area contributed by atoms with Crippen molar-refractivity contribution in [2.45, 2.75) is 20.8 Å². The molecule has 0 aromatic heterocycles. The maximum atomic E-state index is 12.0. The zero-order valence-electron chi connectivity index (χ0n) is 17.0. The molecule has 9 heteroatoms.